The number of amides is 2. The zero-order valence-corrected chi connectivity index (χ0v) is 12.3. The van der Waals surface area contributed by atoms with Crippen molar-refractivity contribution in [1.29, 1.82) is 0 Å². The minimum atomic E-state index is -0.543. The number of imide groups is 1. The van der Waals surface area contributed by atoms with E-state index in [1.807, 2.05) is 12.2 Å². The van der Waals surface area contributed by atoms with Gasteiger partial charge in [-0.2, -0.15) is 0 Å². The summed E-state index contributed by atoms with van der Waals surface area (Å²) in [6, 6.07) is 3.92. The summed E-state index contributed by atoms with van der Waals surface area (Å²) in [5.74, 6) is -0.685. The van der Waals surface area contributed by atoms with Crippen LogP contribution in [-0.2, 0) is 9.59 Å². The molecule has 1 heterocycles. The monoisotopic (exact) mass is 314 g/mol. The number of non-ortho nitro benzene ring substituents is 1. The second-order valence-electron chi connectivity index (χ2n) is 6.13. The van der Waals surface area contributed by atoms with Crippen LogP contribution in [0.25, 0.3) is 0 Å². The van der Waals surface area contributed by atoms with Gasteiger partial charge in [-0.3, -0.25) is 19.7 Å². The average Bonchev–Trinajstić information content (AvgIpc) is 3.21. The number of methoxy groups -OCH3 is 1. The van der Waals surface area contributed by atoms with Gasteiger partial charge in [0.05, 0.1) is 35.6 Å². The molecule has 3 aliphatic rings. The van der Waals surface area contributed by atoms with Gasteiger partial charge in [-0.1, -0.05) is 12.2 Å². The van der Waals surface area contributed by atoms with Crippen LogP contribution in [0.15, 0.2) is 30.4 Å². The van der Waals surface area contributed by atoms with Gasteiger partial charge < -0.3 is 4.74 Å². The first-order valence-electron chi connectivity index (χ1n) is 7.41. The fourth-order valence-electron chi connectivity index (χ4n) is 4.10. The lowest BCUT2D eigenvalue weighted by atomic mass is 9.85. The highest BCUT2D eigenvalue weighted by Gasteiger charge is 2.59. The second-order valence-corrected chi connectivity index (χ2v) is 6.13. The van der Waals surface area contributed by atoms with E-state index < -0.39 is 4.92 Å². The summed E-state index contributed by atoms with van der Waals surface area (Å²) in [7, 11) is 1.36. The standard InChI is InChI=1S/C16H14N2O5/c1-23-12-7-10(18(21)22)4-5-11(12)17-15(19)13-8-2-3-9(6-8)14(13)16(17)20/h2-5,7-9,13-14H,6H2,1H3/t8-,9-,13+,14+/m1/s1. The molecule has 0 aromatic heterocycles. The molecule has 2 bridgehead atoms. The second kappa shape index (κ2) is 4.65. The largest absolute Gasteiger partial charge is 0.494 e. The molecule has 1 aromatic rings. The van der Waals surface area contributed by atoms with Crippen LogP contribution < -0.4 is 9.64 Å². The van der Waals surface area contributed by atoms with Crippen molar-refractivity contribution in [3.63, 3.8) is 0 Å². The summed E-state index contributed by atoms with van der Waals surface area (Å²) in [5, 5.41) is 10.9. The quantitative estimate of drug-likeness (QED) is 0.368. The number of rotatable bonds is 3. The Morgan fingerprint density at radius 2 is 1.78 bits per heavy atom. The third kappa shape index (κ3) is 1.76. The Bertz CT molecular complexity index is 742. The Hall–Kier alpha value is -2.70. The molecule has 1 aliphatic heterocycles. The average molecular weight is 314 g/mol. The maximum atomic E-state index is 12.8. The summed E-state index contributed by atoms with van der Waals surface area (Å²) < 4.78 is 5.17. The third-order valence-corrected chi connectivity index (χ3v) is 5.09. The summed E-state index contributed by atoms with van der Waals surface area (Å²) >= 11 is 0. The predicted octanol–water partition coefficient (Wildman–Crippen LogP) is 1.91. The number of hydrogen-bond donors (Lipinski definition) is 0. The van der Waals surface area contributed by atoms with Gasteiger partial charge in [-0.15, -0.1) is 0 Å². The lowest BCUT2D eigenvalue weighted by molar-refractivity contribution is -0.384. The Morgan fingerprint density at radius 1 is 1.17 bits per heavy atom. The molecule has 0 radical (unpaired) electrons. The fraction of sp³-hybridized carbons (Fsp3) is 0.375. The van der Waals surface area contributed by atoms with Crippen molar-refractivity contribution in [3.8, 4) is 5.75 Å². The van der Waals surface area contributed by atoms with E-state index in [1.165, 1.54) is 25.3 Å². The number of allylic oxidation sites excluding steroid dienone is 2. The van der Waals surface area contributed by atoms with E-state index in [1.54, 1.807) is 0 Å². The zero-order valence-electron chi connectivity index (χ0n) is 12.3. The van der Waals surface area contributed by atoms with Gasteiger partial charge in [0.15, 0.2) is 0 Å². The lowest BCUT2D eigenvalue weighted by Crippen LogP contribution is -2.33. The molecule has 2 aliphatic carbocycles. The van der Waals surface area contributed by atoms with Gasteiger partial charge in [0.1, 0.15) is 5.75 Å². The topological polar surface area (TPSA) is 89.8 Å². The fourth-order valence-corrected chi connectivity index (χ4v) is 4.10. The molecule has 1 saturated heterocycles. The maximum absolute atomic E-state index is 12.8. The molecule has 4 rings (SSSR count). The van der Waals surface area contributed by atoms with E-state index >= 15 is 0 Å². The highest BCUT2D eigenvalue weighted by atomic mass is 16.6. The third-order valence-electron chi connectivity index (χ3n) is 5.09. The summed E-state index contributed by atoms with van der Waals surface area (Å²) in [6.07, 6.45) is 4.90. The van der Waals surface area contributed by atoms with Crippen LogP contribution >= 0.6 is 0 Å². The molecule has 4 atom stereocenters. The number of fused-ring (bicyclic) bond motifs is 5. The van der Waals surface area contributed by atoms with Crippen LogP contribution in [0.4, 0.5) is 11.4 Å². The van der Waals surface area contributed by atoms with Gasteiger partial charge in [0.25, 0.3) is 5.69 Å². The van der Waals surface area contributed by atoms with E-state index in [9.17, 15) is 19.7 Å². The van der Waals surface area contributed by atoms with Crippen molar-refractivity contribution >= 4 is 23.2 Å². The SMILES string of the molecule is COc1cc([N+](=O)[O-])ccc1N1C(=O)[C@@H]2[C@@H](C1=O)[C@@H]1C=C[C@@H]2C1. The Morgan fingerprint density at radius 3 is 2.30 bits per heavy atom. The normalized spacial score (nSPS) is 30.9. The minimum absolute atomic E-state index is 0.121. The summed E-state index contributed by atoms with van der Waals surface area (Å²) in [6.45, 7) is 0. The van der Waals surface area contributed by atoms with Crippen molar-refractivity contribution in [2.24, 2.45) is 23.7 Å². The van der Waals surface area contributed by atoms with Crippen molar-refractivity contribution in [3.05, 3.63) is 40.5 Å². The minimum Gasteiger partial charge on any atom is -0.494 e. The molecule has 0 N–H and O–H groups in total. The Labute approximate surface area is 131 Å². The number of carbonyl (C=O) groups is 2. The highest BCUT2D eigenvalue weighted by Crippen LogP contribution is 2.54. The molecule has 23 heavy (non-hydrogen) atoms. The van der Waals surface area contributed by atoms with Gasteiger partial charge in [-0.25, -0.2) is 4.90 Å². The molecule has 118 valence electrons. The van der Waals surface area contributed by atoms with Crippen LogP contribution in [0.5, 0.6) is 5.75 Å². The van der Waals surface area contributed by atoms with Crippen LogP contribution in [0.2, 0.25) is 0 Å². The lowest BCUT2D eigenvalue weighted by Gasteiger charge is -2.19. The van der Waals surface area contributed by atoms with Crippen LogP contribution in [0.1, 0.15) is 6.42 Å². The number of carbonyl (C=O) groups excluding carboxylic acids is 2. The zero-order chi connectivity index (χ0) is 16.3. The number of nitro groups is 1. The number of anilines is 1. The number of ether oxygens (including phenoxy) is 1. The first-order valence-corrected chi connectivity index (χ1v) is 7.41. The summed E-state index contributed by atoms with van der Waals surface area (Å²) in [5.41, 5.74) is 0.133. The molecule has 0 spiro atoms. The van der Waals surface area contributed by atoms with E-state index in [-0.39, 0.29) is 52.6 Å². The number of hydrogen-bond acceptors (Lipinski definition) is 5. The first kappa shape index (κ1) is 13.9. The molecule has 7 nitrogen and oxygen atoms in total. The van der Waals surface area contributed by atoms with Gasteiger partial charge in [0.2, 0.25) is 11.8 Å². The van der Waals surface area contributed by atoms with E-state index in [0.717, 1.165) is 11.3 Å². The van der Waals surface area contributed by atoms with Gasteiger partial charge in [0, 0.05) is 6.07 Å². The van der Waals surface area contributed by atoms with Gasteiger partial charge >= 0.3 is 0 Å². The molecular formula is C16H14N2O5. The van der Waals surface area contributed by atoms with Crippen LogP contribution in [-0.4, -0.2) is 23.8 Å². The molecule has 1 aromatic carbocycles. The number of benzene rings is 1. The van der Waals surface area contributed by atoms with Gasteiger partial charge in [-0.05, 0) is 24.3 Å². The van der Waals surface area contributed by atoms with Crippen molar-refractivity contribution in [2.75, 3.05) is 12.0 Å². The molecule has 2 fully saturated rings. The molecule has 7 heteroatoms. The summed E-state index contributed by atoms with van der Waals surface area (Å²) in [4.78, 5) is 37.0. The highest BCUT2D eigenvalue weighted by molar-refractivity contribution is 6.23. The molecular weight excluding hydrogens is 300 g/mol. The smallest absolute Gasteiger partial charge is 0.273 e. The molecule has 1 saturated carbocycles. The van der Waals surface area contributed by atoms with Crippen molar-refractivity contribution in [2.45, 2.75) is 6.42 Å². The first-order chi connectivity index (χ1) is 11.0. The van der Waals surface area contributed by atoms with Crippen molar-refractivity contribution in [1.82, 2.24) is 0 Å². The Balaban J connectivity index is 1.76. The molecule has 2 amide bonds. The Kier molecular flexibility index (Phi) is 2.81. The van der Waals surface area contributed by atoms with E-state index in [4.69, 9.17) is 4.74 Å². The number of nitro benzene ring substituents is 1. The van der Waals surface area contributed by atoms with E-state index in [0.29, 0.717) is 0 Å². The number of nitrogens with zero attached hydrogens (tertiary/aromatic N) is 2. The van der Waals surface area contributed by atoms with Crippen LogP contribution in [0.3, 0.4) is 0 Å². The van der Waals surface area contributed by atoms with E-state index in [2.05, 4.69) is 0 Å². The maximum Gasteiger partial charge on any atom is 0.273 e. The van der Waals surface area contributed by atoms with Crippen molar-refractivity contribution < 1.29 is 19.2 Å². The predicted molar refractivity (Wildman–Crippen MR) is 79.9 cm³/mol. The van der Waals surface area contributed by atoms with Crippen LogP contribution in [0, 0.1) is 33.8 Å². The molecule has 0 unspecified atom stereocenters.